The lowest BCUT2D eigenvalue weighted by Crippen LogP contribution is -2.34. The van der Waals surface area contributed by atoms with Gasteiger partial charge in [0, 0.05) is 18.8 Å². The fourth-order valence-corrected chi connectivity index (χ4v) is 2.97. The lowest BCUT2D eigenvalue weighted by molar-refractivity contribution is -0.137. The zero-order chi connectivity index (χ0) is 12.0. The molecule has 0 saturated heterocycles. The van der Waals surface area contributed by atoms with Crippen LogP contribution < -0.4 is 4.90 Å². The number of nitrogens with zero attached hydrogens (tertiary/aromatic N) is 1. The molecule has 2 heterocycles. The molecule has 0 unspecified atom stereocenters. The first-order chi connectivity index (χ1) is 8.05. The molecule has 17 heavy (non-hydrogen) atoms. The largest absolute Gasteiger partial charge is 0.416 e. The van der Waals surface area contributed by atoms with E-state index in [4.69, 9.17) is 0 Å². The number of anilines is 1. The Balaban J connectivity index is 2.15. The number of alkyl halides is 3. The van der Waals surface area contributed by atoms with E-state index >= 15 is 0 Å². The predicted molar refractivity (Wildman–Crippen MR) is 60.3 cm³/mol. The molecule has 0 radical (unpaired) electrons. The van der Waals surface area contributed by atoms with E-state index in [1.807, 2.05) is 0 Å². The van der Waals surface area contributed by atoms with Crippen LogP contribution in [0.15, 0.2) is 12.1 Å². The summed E-state index contributed by atoms with van der Waals surface area (Å²) in [6.07, 6.45) is -0.724. The van der Waals surface area contributed by atoms with E-state index in [2.05, 4.69) is 4.90 Å². The second-order valence-electron chi connectivity index (χ2n) is 4.84. The molecule has 0 N–H and O–H groups in total. The number of halogens is 3. The maximum absolute atomic E-state index is 12.8. The van der Waals surface area contributed by atoms with Crippen LogP contribution in [0, 0.1) is 0 Å². The Morgan fingerprint density at radius 3 is 1.94 bits per heavy atom. The van der Waals surface area contributed by atoms with Crippen LogP contribution in [0.1, 0.15) is 29.5 Å². The molecule has 3 rings (SSSR count). The fourth-order valence-electron chi connectivity index (χ4n) is 2.97. The van der Waals surface area contributed by atoms with Crippen molar-refractivity contribution < 1.29 is 13.2 Å². The summed E-state index contributed by atoms with van der Waals surface area (Å²) in [6, 6.07) is 2.69. The van der Waals surface area contributed by atoms with Crippen molar-refractivity contribution in [1.29, 1.82) is 0 Å². The van der Waals surface area contributed by atoms with E-state index in [1.165, 1.54) is 12.1 Å². The molecule has 92 valence electrons. The highest BCUT2D eigenvalue weighted by Gasteiger charge is 2.34. The van der Waals surface area contributed by atoms with Gasteiger partial charge in [0.2, 0.25) is 0 Å². The van der Waals surface area contributed by atoms with Gasteiger partial charge in [0.25, 0.3) is 0 Å². The molecule has 2 aliphatic rings. The molecule has 0 bridgehead atoms. The van der Waals surface area contributed by atoms with Crippen LogP contribution in [0.2, 0.25) is 0 Å². The van der Waals surface area contributed by atoms with Crippen molar-refractivity contribution in [3.63, 3.8) is 0 Å². The molecule has 1 aromatic carbocycles. The van der Waals surface area contributed by atoms with Gasteiger partial charge in [-0.15, -0.1) is 0 Å². The molecule has 4 heteroatoms. The maximum Gasteiger partial charge on any atom is 0.416 e. The SMILES string of the molecule is FC(F)(F)c1cc2c3c(c1)CCCN3CCC2. The maximum atomic E-state index is 12.8. The summed E-state index contributed by atoms with van der Waals surface area (Å²) in [4.78, 5) is 2.25. The predicted octanol–water partition coefficient (Wildman–Crippen LogP) is 3.40. The zero-order valence-electron chi connectivity index (χ0n) is 9.48. The minimum absolute atomic E-state index is 0.477. The van der Waals surface area contributed by atoms with E-state index in [-0.39, 0.29) is 0 Å². The van der Waals surface area contributed by atoms with Crippen molar-refractivity contribution in [2.45, 2.75) is 31.9 Å². The third-order valence-corrected chi connectivity index (χ3v) is 3.66. The minimum atomic E-state index is -4.22. The van der Waals surface area contributed by atoms with E-state index in [9.17, 15) is 13.2 Å². The lowest BCUT2D eigenvalue weighted by Gasteiger charge is -2.37. The summed E-state index contributed by atoms with van der Waals surface area (Å²) in [6.45, 7) is 1.98. The molecule has 0 saturated carbocycles. The zero-order valence-corrected chi connectivity index (χ0v) is 9.48. The summed E-state index contributed by atoms with van der Waals surface area (Å²) in [5.41, 5.74) is 2.40. The Hall–Kier alpha value is -1.19. The Labute approximate surface area is 98.2 Å². The van der Waals surface area contributed by atoms with Crippen LogP contribution in [0.25, 0.3) is 0 Å². The molecule has 0 aromatic heterocycles. The summed E-state index contributed by atoms with van der Waals surface area (Å²) in [5, 5.41) is 0. The summed E-state index contributed by atoms with van der Waals surface area (Å²) in [5.74, 6) is 0. The van der Waals surface area contributed by atoms with Crippen LogP contribution in [-0.2, 0) is 19.0 Å². The summed E-state index contributed by atoms with van der Waals surface area (Å²) >= 11 is 0. The van der Waals surface area contributed by atoms with Crippen molar-refractivity contribution in [2.24, 2.45) is 0 Å². The highest BCUT2D eigenvalue weighted by molar-refractivity contribution is 5.64. The minimum Gasteiger partial charge on any atom is -0.371 e. The van der Waals surface area contributed by atoms with Crippen molar-refractivity contribution in [2.75, 3.05) is 18.0 Å². The van der Waals surface area contributed by atoms with Gasteiger partial charge in [-0.05, 0) is 48.9 Å². The molecular weight excluding hydrogens is 227 g/mol. The smallest absolute Gasteiger partial charge is 0.371 e. The van der Waals surface area contributed by atoms with E-state index in [0.717, 1.165) is 55.6 Å². The first kappa shape index (κ1) is 10.9. The average Bonchev–Trinajstić information content (AvgIpc) is 2.28. The van der Waals surface area contributed by atoms with Gasteiger partial charge in [-0.2, -0.15) is 13.2 Å². The van der Waals surface area contributed by atoms with Crippen molar-refractivity contribution in [3.05, 3.63) is 28.8 Å². The van der Waals surface area contributed by atoms with Crippen molar-refractivity contribution in [3.8, 4) is 0 Å². The van der Waals surface area contributed by atoms with E-state index < -0.39 is 11.7 Å². The second-order valence-corrected chi connectivity index (χ2v) is 4.84. The molecule has 1 aromatic rings. The van der Waals surface area contributed by atoms with Crippen LogP contribution in [-0.4, -0.2) is 13.1 Å². The fraction of sp³-hybridized carbons (Fsp3) is 0.538. The molecule has 0 aliphatic carbocycles. The number of aryl methyl sites for hydroxylation is 2. The second kappa shape index (κ2) is 3.65. The molecule has 2 aliphatic heterocycles. The number of rotatable bonds is 0. The van der Waals surface area contributed by atoms with Gasteiger partial charge in [-0.3, -0.25) is 0 Å². The number of hydrogen-bond acceptors (Lipinski definition) is 1. The molecule has 0 fully saturated rings. The molecule has 1 nitrogen and oxygen atoms in total. The van der Waals surface area contributed by atoms with E-state index in [1.54, 1.807) is 0 Å². The average molecular weight is 241 g/mol. The molecular formula is C13H14F3N. The highest BCUT2D eigenvalue weighted by atomic mass is 19.4. The quantitative estimate of drug-likeness (QED) is 0.673. The van der Waals surface area contributed by atoms with Crippen LogP contribution >= 0.6 is 0 Å². The third-order valence-electron chi connectivity index (χ3n) is 3.66. The molecule has 0 atom stereocenters. The highest BCUT2D eigenvalue weighted by Crippen LogP contribution is 2.40. The Morgan fingerprint density at radius 1 is 0.941 bits per heavy atom. The monoisotopic (exact) mass is 241 g/mol. The van der Waals surface area contributed by atoms with Crippen LogP contribution in [0.3, 0.4) is 0 Å². The first-order valence-corrected chi connectivity index (χ1v) is 6.03. The summed E-state index contributed by atoms with van der Waals surface area (Å²) in [7, 11) is 0. The van der Waals surface area contributed by atoms with Crippen LogP contribution in [0.5, 0.6) is 0 Å². The Kier molecular flexibility index (Phi) is 2.35. The van der Waals surface area contributed by atoms with Crippen molar-refractivity contribution in [1.82, 2.24) is 0 Å². The van der Waals surface area contributed by atoms with Crippen molar-refractivity contribution >= 4 is 5.69 Å². The van der Waals surface area contributed by atoms with Gasteiger partial charge >= 0.3 is 6.18 Å². The van der Waals surface area contributed by atoms with E-state index in [0.29, 0.717) is 0 Å². The van der Waals surface area contributed by atoms with Gasteiger partial charge in [0.15, 0.2) is 0 Å². The van der Waals surface area contributed by atoms with Crippen LogP contribution in [0.4, 0.5) is 18.9 Å². The summed E-state index contributed by atoms with van der Waals surface area (Å²) < 4.78 is 38.3. The van der Waals surface area contributed by atoms with Gasteiger partial charge in [0.1, 0.15) is 0 Å². The first-order valence-electron chi connectivity index (χ1n) is 6.03. The molecule has 0 amide bonds. The van der Waals surface area contributed by atoms with Gasteiger partial charge < -0.3 is 4.90 Å². The van der Waals surface area contributed by atoms with Gasteiger partial charge in [0.05, 0.1) is 5.56 Å². The number of hydrogen-bond donors (Lipinski definition) is 0. The topological polar surface area (TPSA) is 3.24 Å². The standard InChI is InChI=1S/C13H14F3N/c14-13(15,16)11-7-9-3-1-5-17-6-2-4-10(8-11)12(9)17/h7-8H,1-6H2. The Morgan fingerprint density at radius 2 is 1.47 bits per heavy atom. The lowest BCUT2D eigenvalue weighted by atomic mass is 9.90. The molecule has 0 spiro atoms. The third kappa shape index (κ3) is 1.79. The number of benzene rings is 1. The normalized spacial score (nSPS) is 19.1. The van der Waals surface area contributed by atoms with Gasteiger partial charge in [-0.25, -0.2) is 0 Å². The van der Waals surface area contributed by atoms with Gasteiger partial charge in [-0.1, -0.05) is 0 Å². The Bertz CT molecular complexity index is 419.